The third-order valence-corrected chi connectivity index (χ3v) is 2.60. The minimum absolute atomic E-state index is 0.332. The van der Waals surface area contributed by atoms with Crippen LogP contribution in [-0.4, -0.2) is 33.6 Å². The number of anilines is 1. The van der Waals surface area contributed by atoms with Crippen LogP contribution in [0.25, 0.3) is 5.65 Å². The molecule has 2 aromatic heterocycles. The first-order valence-electron chi connectivity index (χ1n) is 5.48. The van der Waals surface area contributed by atoms with Crippen LogP contribution >= 0.6 is 0 Å². The van der Waals surface area contributed by atoms with Gasteiger partial charge >= 0.3 is 0 Å². The predicted octanol–water partition coefficient (Wildman–Crippen LogP) is 0.475. The average Bonchev–Trinajstić information content (AvgIpc) is 2.73. The van der Waals surface area contributed by atoms with Gasteiger partial charge in [-0.2, -0.15) is 4.98 Å². The number of primary amides is 1. The summed E-state index contributed by atoms with van der Waals surface area (Å²) in [5, 5.41) is 4.29. The highest BCUT2D eigenvalue weighted by Crippen LogP contribution is 2.13. The van der Waals surface area contributed by atoms with E-state index in [4.69, 9.17) is 5.73 Å². The van der Waals surface area contributed by atoms with Crippen molar-refractivity contribution >= 4 is 17.5 Å². The fraction of sp³-hybridized carbons (Fsp3) is 0.364. The van der Waals surface area contributed by atoms with E-state index in [1.54, 1.807) is 6.20 Å². The lowest BCUT2D eigenvalue weighted by Gasteiger charge is -2.14. The molecule has 0 fully saturated rings. The second-order valence-electron chi connectivity index (χ2n) is 3.57. The molecule has 6 heteroatoms. The topological polar surface area (TPSA) is 76.5 Å². The van der Waals surface area contributed by atoms with Crippen molar-refractivity contribution < 1.29 is 4.79 Å². The molecule has 17 heavy (non-hydrogen) atoms. The van der Waals surface area contributed by atoms with Crippen molar-refractivity contribution in [2.75, 3.05) is 18.0 Å². The van der Waals surface area contributed by atoms with Gasteiger partial charge in [0.15, 0.2) is 5.65 Å². The van der Waals surface area contributed by atoms with E-state index in [-0.39, 0.29) is 0 Å². The van der Waals surface area contributed by atoms with Crippen LogP contribution in [-0.2, 0) is 0 Å². The van der Waals surface area contributed by atoms with Crippen LogP contribution in [0.5, 0.6) is 0 Å². The molecule has 6 nitrogen and oxygen atoms in total. The summed E-state index contributed by atoms with van der Waals surface area (Å²) >= 11 is 0. The number of carbonyl (C=O) groups excluding carboxylic acids is 1. The first-order chi connectivity index (χ1) is 8.17. The van der Waals surface area contributed by atoms with Gasteiger partial charge in [0.2, 0.25) is 5.95 Å². The van der Waals surface area contributed by atoms with Gasteiger partial charge in [-0.05, 0) is 19.9 Å². The highest BCUT2D eigenvalue weighted by atomic mass is 16.1. The number of hydrogen-bond donors (Lipinski definition) is 1. The summed E-state index contributed by atoms with van der Waals surface area (Å²) in [5.41, 5.74) is 6.08. The molecule has 0 spiro atoms. The Bertz CT molecular complexity index is 544. The lowest BCUT2D eigenvalue weighted by Crippen LogP contribution is -2.23. The Balaban J connectivity index is 2.57. The van der Waals surface area contributed by atoms with Crippen LogP contribution in [0.2, 0.25) is 0 Å². The normalized spacial score (nSPS) is 10.7. The van der Waals surface area contributed by atoms with Gasteiger partial charge in [-0.15, -0.1) is 5.10 Å². The molecule has 0 saturated carbocycles. The molecule has 0 aliphatic carbocycles. The summed E-state index contributed by atoms with van der Waals surface area (Å²) in [5.74, 6) is 0.0717. The van der Waals surface area contributed by atoms with E-state index in [0.717, 1.165) is 13.1 Å². The van der Waals surface area contributed by atoms with E-state index in [2.05, 4.69) is 16.1 Å². The standard InChI is InChI=1S/C11H14N5O/c1-3-15(4-2)11-13-10-8(9(12)17)6-5-7-16(10)14-11/h6-7H,3-4H2,1-2H3,(H2,12,17). The minimum atomic E-state index is -0.523. The first-order valence-corrected chi connectivity index (χ1v) is 5.48. The Morgan fingerprint density at radius 2 is 2.24 bits per heavy atom. The fourth-order valence-electron chi connectivity index (χ4n) is 1.66. The van der Waals surface area contributed by atoms with Crippen molar-refractivity contribution in [2.24, 2.45) is 5.73 Å². The summed E-state index contributed by atoms with van der Waals surface area (Å²) in [6.45, 7) is 5.67. The quantitative estimate of drug-likeness (QED) is 0.831. The Morgan fingerprint density at radius 3 is 2.82 bits per heavy atom. The molecule has 2 N–H and O–H groups in total. The maximum Gasteiger partial charge on any atom is 0.252 e. The maximum absolute atomic E-state index is 11.2. The second kappa shape index (κ2) is 4.40. The third-order valence-electron chi connectivity index (χ3n) is 2.60. The molecule has 1 radical (unpaired) electrons. The number of nitrogens with zero attached hydrogens (tertiary/aromatic N) is 4. The van der Waals surface area contributed by atoms with Gasteiger partial charge in [0.25, 0.3) is 5.91 Å². The molecular weight excluding hydrogens is 218 g/mol. The number of aromatic nitrogens is 3. The van der Waals surface area contributed by atoms with Crippen molar-refractivity contribution in [3.63, 3.8) is 0 Å². The molecule has 2 rings (SSSR count). The molecule has 0 aliphatic rings. The number of pyridine rings is 1. The van der Waals surface area contributed by atoms with Gasteiger partial charge < -0.3 is 10.6 Å². The molecular formula is C11H14N5O. The van der Waals surface area contributed by atoms with Crippen molar-refractivity contribution in [2.45, 2.75) is 13.8 Å². The summed E-state index contributed by atoms with van der Waals surface area (Å²) in [6.07, 6.45) is 1.63. The number of fused-ring (bicyclic) bond motifs is 1. The van der Waals surface area contributed by atoms with E-state index >= 15 is 0 Å². The van der Waals surface area contributed by atoms with Gasteiger partial charge in [-0.1, -0.05) is 0 Å². The van der Waals surface area contributed by atoms with E-state index in [9.17, 15) is 4.79 Å². The van der Waals surface area contributed by atoms with Gasteiger partial charge in [0.05, 0.1) is 5.56 Å². The summed E-state index contributed by atoms with van der Waals surface area (Å²) in [4.78, 5) is 17.6. The maximum atomic E-state index is 11.2. The van der Waals surface area contributed by atoms with E-state index in [0.29, 0.717) is 17.2 Å². The summed E-state index contributed by atoms with van der Waals surface area (Å²) in [6, 6.07) is 4.34. The lowest BCUT2D eigenvalue weighted by atomic mass is 10.2. The summed E-state index contributed by atoms with van der Waals surface area (Å²) < 4.78 is 1.52. The van der Waals surface area contributed by atoms with E-state index < -0.39 is 5.91 Å². The monoisotopic (exact) mass is 232 g/mol. The van der Waals surface area contributed by atoms with E-state index in [1.807, 2.05) is 18.7 Å². The molecule has 0 atom stereocenters. The van der Waals surface area contributed by atoms with Crippen LogP contribution in [0, 0.1) is 6.07 Å². The number of nitrogens with two attached hydrogens (primary N) is 1. The molecule has 2 heterocycles. The number of hydrogen-bond acceptors (Lipinski definition) is 4. The molecule has 89 valence electrons. The number of carbonyl (C=O) groups is 1. The molecule has 0 aliphatic heterocycles. The van der Waals surface area contributed by atoms with Gasteiger partial charge in [0.1, 0.15) is 0 Å². The van der Waals surface area contributed by atoms with Crippen molar-refractivity contribution in [1.82, 2.24) is 14.6 Å². The molecule has 0 aromatic carbocycles. The molecule has 2 aromatic rings. The minimum Gasteiger partial charge on any atom is -0.365 e. The Morgan fingerprint density at radius 1 is 1.53 bits per heavy atom. The molecule has 1 amide bonds. The Hall–Kier alpha value is -2.11. The number of rotatable bonds is 4. The highest BCUT2D eigenvalue weighted by molar-refractivity contribution is 5.98. The third kappa shape index (κ3) is 1.93. The van der Waals surface area contributed by atoms with Crippen molar-refractivity contribution in [3.05, 3.63) is 23.9 Å². The largest absolute Gasteiger partial charge is 0.365 e. The van der Waals surface area contributed by atoms with Crippen molar-refractivity contribution in [3.8, 4) is 0 Å². The zero-order chi connectivity index (χ0) is 12.4. The summed E-state index contributed by atoms with van der Waals surface area (Å²) in [7, 11) is 0. The highest BCUT2D eigenvalue weighted by Gasteiger charge is 2.14. The molecule has 0 saturated heterocycles. The first kappa shape index (κ1) is 11.4. The zero-order valence-electron chi connectivity index (χ0n) is 9.84. The van der Waals surface area contributed by atoms with Gasteiger partial charge in [0, 0.05) is 25.4 Å². The zero-order valence-corrected chi connectivity index (χ0v) is 9.84. The Kier molecular flexibility index (Phi) is 2.95. The van der Waals surface area contributed by atoms with Gasteiger partial charge in [-0.25, -0.2) is 4.52 Å². The van der Waals surface area contributed by atoms with Crippen LogP contribution < -0.4 is 10.6 Å². The molecule has 0 bridgehead atoms. The van der Waals surface area contributed by atoms with Crippen LogP contribution in [0.3, 0.4) is 0 Å². The van der Waals surface area contributed by atoms with Gasteiger partial charge in [-0.3, -0.25) is 4.79 Å². The van der Waals surface area contributed by atoms with E-state index in [1.165, 1.54) is 10.6 Å². The van der Waals surface area contributed by atoms with Crippen LogP contribution in [0.1, 0.15) is 24.2 Å². The number of amides is 1. The fourth-order valence-corrected chi connectivity index (χ4v) is 1.66. The van der Waals surface area contributed by atoms with Crippen molar-refractivity contribution in [1.29, 1.82) is 0 Å². The Labute approximate surface area is 99.0 Å². The predicted molar refractivity (Wildman–Crippen MR) is 63.9 cm³/mol. The average molecular weight is 232 g/mol. The van der Waals surface area contributed by atoms with Crippen LogP contribution in [0.15, 0.2) is 12.3 Å². The smallest absolute Gasteiger partial charge is 0.252 e. The van der Waals surface area contributed by atoms with Crippen LogP contribution in [0.4, 0.5) is 5.95 Å². The molecule has 0 unspecified atom stereocenters. The second-order valence-corrected chi connectivity index (χ2v) is 3.57. The SMILES string of the molecule is CCN(CC)c1nc2c(C(N)=O)c[c]cn2n1. The lowest BCUT2D eigenvalue weighted by molar-refractivity contribution is 0.100.